The molecule has 0 fully saturated rings. The highest BCUT2D eigenvalue weighted by Gasteiger charge is 2.25. The Bertz CT molecular complexity index is 422. The van der Waals surface area contributed by atoms with Gasteiger partial charge in [0.05, 0.1) is 6.42 Å². The van der Waals surface area contributed by atoms with Crippen molar-refractivity contribution in [2.24, 2.45) is 0 Å². The summed E-state index contributed by atoms with van der Waals surface area (Å²) in [7, 11) is 0. The van der Waals surface area contributed by atoms with Crippen molar-refractivity contribution in [2.75, 3.05) is 0 Å². The minimum atomic E-state index is -0.0836. The van der Waals surface area contributed by atoms with Crippen molar-refractivity contribution in [2.45, 2.75) is 71.6 Å². The molecular weight excluding hydrogens is 248 g/mol. The van der Waals surface area contributed by atoms with Crippen molar-refractivity contribution in [3.8, 4) is 5.75 Å². The van der Waals surface area contributed by atoms with Gasteiger partial charge < -0.3 is 4.74 Å². The number of carbonyl (C=O) groups excluding carboxylic acids is 1. The van der Waals surface area contributed by atoms with Crippen LogP contribution in [-0.2, 0) is 24.1 Å². The van der Waals surface area contributed by atoms with Crippen LogP contribution in [0.3, 0.4) is 0 Å². The van der Waals surface area contributed by atoms with E-state index in [1.54, 1.807) is 0 Å². The van der Waals surface area contributed by atoms with E-state index >= 15 is 0 Å². The maximum Gasteiger partial charge on any atom is 0.315 e. The van der Waals surface area contributed by atoms with Crippen LogP contribution in [0.5, 0.6) is 5.75 Å². The van der Waals surface area contributed by atoms with E-state index in [0.717, 1.165) is 18.6 Å². The van der Waals surface area contributed by atoms with Gasteiger partial charge in [-0.15, -0.1) is 0 Å². The van der Waals surface area contributed by atoms with Gasteiger partial charge in [0.25, 0.3) is 0 Å². The van der Waals surface area contributed by atoms with Gasteiger partial charge in [0.1, 0.15) is 5.75 Å². The molecule has 0 aliphatic carbocycles. The molecule has 2 rings (SSSR count). The Hall–Kier alpha value is -1.31. The maximum absolute atomic E-state index is 11.6. The van der Waals surface area contributed by atoms with Crippen LogP contribution in [0.15, 0.2) is 12.1 Å². The molecule has 0 amide bonds. The van der Waals surface area contributed by atoms with E-state index in [4.69, 9.17) is 4.74 Å². The Kier molecular flexibility index (Phi) is 5.63. The molecule has 0 saturated heterocycles. The number of aryl methyl sites for hydroxylation is 2. The number of hydrogen-bond acceptors (Lipinski definition) is 2. The van der Waals surface area contributed by atoms with Crippen LogP contribution in [0.1, 0.15) is 69.1 Å². The molecular formula is C18H26O2. The lowest BCUT2D eigenvalue weighted by Gasteiger charge is -2.11. The second-order valence-corrected chi connectivity index (χ2v) is 5.76. The molecule has 0 N–H and O–H groups in total. The van der Waals surface area contributed by atoms with Gasteiger partial charge in [0.15, 0.2) is 0 Å². The fraction of sp³-hybridized carbons (Fsp3) is 0.611. The van der Waals surface area contributed by atoms with Crippen LogP contribution >= 0.6 is 0 Å². The minimum Gasteiger partial charge on any atom is -0.426 e. The first-order valence-corrected chi connectivity index (χ1v) is 8.10. The molecule has 1 heterocycles. The molecule has 20 heavy (non-hydrogen) atoms. The Labute approximate surface area is 122 Å². The molecule has 1 aliphatic rings. The van der Waals surface area contributed by atoms with Gasteiger partial charge in [-0.2, -0.15) is 0 Å². The third kappa shape index (κ3) is 3.62. The summed E-state index contributed by atoms with van der Waals surface area (Å²) < 4.78 is 5.48. The third-order valence-corrected chi connectivity index (χ3v) is 4.08. The first-order chi connectivity index (χ1) is 9.76. The molecule has 1 aromatic rings. The summed E-state index contributed by atoms with van der Waals surface area (Å²) in [6, 6.07) is 4.39. The Morgan fingerprint density at radius 1 is 0.950 bits per heavy atom. The molecule has 2 heteroatoms. The monoisotopic (exact) mass is 274 g/mol. The second-order valence-electron chi connectivity index (χ2n) is 5.76. The van der Waals surface area contributed by atoms with Gasteiger partial charge in [-0.3, -0.25) is 4.79 Å². The van der Waals surface area contributed by atoms with Gasteiger partial charge in [-0.25, -0.2) is 0 Å². The zero-order valence-corrected chi connectivity index (χ0v) is 12.8. The van der Waals surface area contributed by atoms with Crippen molar-refractivity contribution in [3.05, 3.63) is 28.8 Å². The number of ether oxygens (including phenoxy) is 1. The van der Waals surface area contributed by atoms with Gasteiger partial charge in [0, 0.05) is 5.56 Å². The van der Waals surface area contributed by atoms with Gasteiger partial charge >= 0.3 is 5.97 Å². The van der Waals surface area contributed by atoms with E-state index in [2.05, 4.69) is 26.0 Å². The van der Waals surface area contributed by atoms with Crippen LogP contribution < -0.4 is 4.74 Å². The van der Waals surface area contributed by atoms with E-state index in [-0.39, 0.29) is 5.97 Å². The fourth-order valence-corrected chi connectivity index (χ4v) is 2.89. The molecule has 0 bridgehead atoms. The van der Waals surface area contributed by atoms with Crippen LogP contribution in [0.2, 0.25) is 0 Å². The Balaban J connectivity index is 2.13. The number of hydrogen-bond donors (Lipinski definition) is 0. The van der Waals surface area contributed by atoms with Crippen molar-refractivity contribution in [1.82, 2.24) is 0 Å². The summed E-state index contributed by atoms with van der Waals surface area (Å²) in [4.78, 5) is 11.6. The highest BCUT2D eigenvalue weighted by atomic mass is 16.5. The maximum atomic E-state index is 11.6. The summed E-state index contributed by atoms with van der Waals surface area (Å²) in [6.07, 6.45) is 9.88. The lowest BCUT2D eigenvalue weighted by Crippen LogP contribution is -2.01. The van der Waals surface area contributed by atoms with Crippen LogP contribution in [-0.4, -0.2) is 5.97 Å². The minimum absolute atomic E-state index is 0.0836. The first kappa shape index (κ1) is 15.1. The van der Waals surface area contributed by atoms with Crippen LogP contribution in [0.4, 0.5) is 0 Å². The third-order valence-electron chi connectivity index (χ3n) is 4.08. The van der Waals surface area contributed by atoms with E-state index in [0.29, 0.717) is 6.42 Å². The number of fused-ring (bicyclic) bond motifs is 1. The van der Waals surface area contributed by atoms with E-state index < -0.39 is 0 Å². The molecule has 0 aromatic heterocycles. The predicted octanol–water partition coefficient (Wildman–Crippen LogP) is 4.61. The molecule has 0 unspecified atom stereocenters. The van der Waals surface area contributed by atoms with Crippen molar-refractivity contribution >= 4 is 5.97 Å². The summed E-state index contributed by atoms with van der Waals surface area (Å²) in [5.41, 5.74) is 3.71. The summed E-state index contributed by atoms with van der Waals surface area (Å²) in [6.45, 7) is 4.43. The van der Waals surface area contributed by atoms with Gasteiger partial charge in [0.2, 0.25) is 0 Å². The fourth-order valence-electron chi connectivity index (χ4n) is 2.89. The van der Waals surface area contributed by atoms with Gasteiger partial charge in [-0.1, -0.05) is 51.7 Å². The largest absolute Gasteiger partial charge is 0.426 e. The standard InChI is InChI=1S/C18H26O2/c1-3-5-7-9-14-11-12-15(10-8-6-4-2)18-16(14)13-17(19)20-18/h11-12H,3-10,13H2,1-2H3. The Morgan fingerprint density at radius 3 is 2.20 bits per heavy atom. The molecule has 0 saturated carbocycles. The molecule has 110 valence electrons. The number of rotatable bonds is 8. The molecule has 1 aromatic carbocycles. The number of carbonyl (C=O) groups is 1. The van der Waals surface area contributed by atoms with Crippen LogP contribution in [0, 0.1) is 0 Å². The van der Waals surface area contributed by atoms with Crippen molar-refractivity contribution in [1.29, 1.82) is 0 Å². The molecule has 0 atom stereocenters. The molecule has 0 radical (unpaired) electrons. The average Bonchev–Trinajstić information content (AvgIpc) is 2.83. The highest BCUT2D eigenvalue weighted by molar-refractivity contribution is 5.82. The first-order valence-electron chi connectivity index (χ1n) is 8.10. The lowest BCUT2D eigenvalue weighted by molar-refractivity contribution is -0.131. The molecule has 2 nitrogen and oxygen atoms in total. The van der Waals surface area contributed by atoms with Gasteiger partial charge in [-0.05, 0) is 36.8 Å². The highest BCUT2D eigenvalue weighted by Crippen LogP contribution is 2.34. The number of benzene rings is 1. The smallest absolute Gasteiger partial charge is 0.315 e. The quantitative estimate of drug-likeness (QED) is 0.393. The van der Waals surface area contributed by atoms with Crippen molar-refractivity contribution < 1.29 is 9.53 Å². The number of esters is 1. The van der Waals surface area contributed by atoms with Crippen molar-refractivity contribution in [3.63, 3.8) is 0 Å². The van der Waals surface area contributed by atoms with Crippen LogP contribution in [0.25, 0.3) is 0 Å². The Morgan fingerprint density at radius 2 is 1.55 bits per heavy atom. The average molecular weight is 274 g/mol. The van der Waals surface area contributed by atoms with E-state index in [1.165, 1.54) is 55.2 Å². The normalized spacial score (nSPS) is 13.4. The summed E-state index contributed by atoms with van der Waals surface area (Å²) >= 11 is 0. The SMILES string of the molecule is CCCCCc1ccc(CCCCC)c2c1CC(=O)O2. The zero-order valence-electron chi connectivity index (χ0n) is 12.8. The summed E-state index contributed by atoms with van der Waals surface area (Å²) in [5.74, 6) is 0.805. The van der Waals surface area contributed by atoms with E-state index in [1.807, 2.05) is 0 Å². The summed E-state index contributed by atoms with van der Waals surface area (Å²) in [5, 5.41) is 0. The second kappa shape index (κ2) is 7.47. The van der Waals surface area contributed by atoms with E-state index in [9.17, 15) is 4.79 Å². The zero-order chi connectivity index (χ0) is 14.4. The predicted molar refractivity (Wildman–Crippen MR) is 82.2 cm³/mol. The lowest BCUT2D eigenvalue weighted by atomic mass is 9.95. The molecule has 1 aliphatic heterocycles. The number of unbranched alkanes of at least 4 members (excludes halogenated alkanes) is 4. The topological polar surface area (TPSA) is 26.3 Å². The molecule has 0 spiro atoms.